The Hall–Kier alpha value is -1.89. The van der Waals surface area contributed by atoms with Crippen molar-refractivity contribution in [3.8, 4) is 0 Å². The van der Waals surface area contributed by atoms with Crippen LogP contribution in [0.2, 0.25) is 0 Å². The van der Waals surface area contributed by atoms with Crippen LogP contribution in [0.1, 0.15) is 84.3 Å². The Morgan fingerprint density at radius 2 is 1.55 bits per heavy atom. The maximum absolute atomic E-state index is 11.9. The molecule has 3 rings (SSSR count). The number of hydrogen-bond acceptors (Lipinski definition) is 0. The minimum atomic E-state index is -0.178. The van der Waals surface area contributed by atoms with E-state index < -0.39 is 0 Å². The molecule has 1 saturated carbocycles. The lowest BCUT2D eigenvalue weighted by Crippen LogP contribution is -2.00. The van der Waals surface area contributed by atoms with Crippen LogP contribution in [-0.2, 0) is 6.42 Å². The third-order valence-corrected chi connectivity index (χ3v) is 5.08. The first-order valence-corrected chi connectivity index (χ1v) is 11.6. The molecule has 0 aromatic heterocycles. The summed E-state index contributed by atoms with van der Waals surface area (Å²) in [5.74, 6) is 1.39. The summed E-state index contributed by atoms with van der Waals surface area (Å²) in [5, 5.41) is 0. The third kappa shape index (κ3) is 9.92. The van der Waals surface area contributed by atoms with Gasteiger partial charge in [-0.1, -0.05) is 102 Å². The Labute approximate surface area is 179 Å². The van der Waals surface area contributed by atoms with Crippen molar-refractivity contribution in [3.05, 3.63) is 77.6 Å². The summed E-state index contributed by atoms with van der Waals surface area (Å²) in [6.07, 6.45) is 11.9. The molecule has 1 heteroatoms. The van der Waals surface area contributed by atoms with Gasteiger partial charge in [0.05, 0.1) is 0 Å². The lowest BCUT2D eigenvalue weighted by atomic mass is 9.89. The van der Waals surface area contributed by atoms with E-state index in [1.807, 2.05) is 13.8 Å². The molecule has 1 fully saturated rings. The normalized spacial score (nSPS) is 14.1. The van der Waals surface area contributed by atoms with E-state index in [4.69, 9.17) is 0 Å². The first-order valence-electron chi connectivity index (χ1n) is 11.6. The van der Waals surface area contributed by atoms with E-state index in [0.717, 1.165) is 11.8 Å². The molecule has 1 aliphatic carbocycles. The molecule has 0 saturated heterocycles. The fourth-order valence-corrected chi connectivity index (χ4v) is 3.85. The van der Waals surface area contributed by atoms with Gasteiger partial charge in [0.15, 0.2) is 0 Å². The van der Waals surface area contributed by atoms with Crippen molar-refractivity contribution in [2.45, 2.75) is 79.6 Å². The molecule has 2 aromatic carbocycles. The molecular weight excluding hydrogens is 355 g/mol. The molecule has 29 heavy (non-hydrogen) atoms. The lowest BCUT2D eigenvalue weighted by molar-refractivity contribution is 0.628. The highest BCUT2D eigenvalue weighted by Crippen LogP contribution is 2.32. The van der Waals surface area contributed by atoms with Crippen molar-refractivity contribution in [1.82, 2.24) is 0 Å². The number of benzene rings is 2. The van der Waals surface area contributed by atoms with Gasteiger partial charge in [-0.25, -0.2) is 4.39 Å². The van der Waals surface area contributed by atoms with Crippen LogP contribution in [0.4, 0.5) is 4.39 Å². The Balaban J connectivity index is 0.000000390. The van der Waals surface area contributed by atoms with Crippen molar-refractivity contribution < 1.29 is 4.39 Å². The lowest BCUT2D eigenvalue weighted by Gasteiger charge is -2.16. The van der Waals surface area contributed by atoms with Gasteiger partial charge in [-0.3, -0.25) is 0 Å². The first kappa shape index (κ1) is 25.1. The summed E-state index contributed by atoms with van der Waals surface area (Å²) in [6.45, 7) is 10.9. The minimum Gasteiger partial charge on any atom is -0.207 e. The predicted octanol–water partition coefficient (Wildman–Crippen LogP) is 9.11. The monoisotopic (exact) mass is 396 g/mol. The molecule has 0 amide bonds. The smallest absolute Gasteiger partial charge is 0.123 e. The van der Waals surface area contributed by atoms with Crippen molar-refractivity contribution in [1.29, 1.82) is 0 Å². The maximum atomic E-state index is 11.9. The largest absolute Gasteiger partial charge is 0.207 e. The van der Waals surface area contributed by atoms with Gasteiger partial charge in [0.1, 0.15) is 5.82 Å². The van der Waals surface area contributed by atoms with Crippen molar-refractivity contribution >= 4 is 5.57 Å². The van der Waals surface area contributed by atoms with E-state index in [2.05, 4.69) is 51.1 Å². The van der Waals surface area contributed by atoms with E-state index >= 15 is 0 Å². The van der Waals surface area contributed by atoms with Crippen molar-refractivity contribution in [2.24, 2.45) is 11.8 Å². The molecule has 0 aliphatic heterocycles. The van der Waals surface area contributed by atoms with Crippen LogP contribution in [0.3, 0.4) is 0 Å². The highest BCUT2D eigenvalue weighted by molar-refractivity contribution is 5.68. The molecule has 0 spiro atoms. The third-order valence-electron chi connectivity index (χ3n) is 5.08. The number of hydrogen-bond donors (Lipinski definition) is 0. The van der Waals surface area contributed by atoms with Gasteiger partial charge >= 0.3 is 0 Å². The molecule has 160 valence electrons. The zero-order chi connectivity index (χ0) is 21.5. The first-order chi connectivity index (χ1) is 14.1. The molecule has 1 aliphatic rings. The van der Waals surface area contributed by atoms with Gasteiger partial charge < -0.3 is 0 Å². The SMILES string of the molecule is CC.CCC/C(=C\C1CCCC1)c1ccccc1CC(C)C.Fc1ccccc1. The van der Waals surface area contributed by atoms with Gasteiger partial charge in [-0.15, -0.1) is 0 Å². The number of allylic oxidation sites excluding steroid dienone is 2. The molecule has 0 radical (unpaired) electrons. The standard InChI is InChI=1S/C20H30.C6H5F.C2H6/c1-4-9-18(15-17-10-5-6-11-17)20-13-8-7-12-19(20)14-16(2)3;7-6-4-2-1-3-5-6;1-2/h7-8,12-13,15-17H,4-6,9-11,14H2,1-3H3;1-5H;1-2H3/b18-15+;;. The summed E-state index contributed by atoms with van der Waals surface area (Å²) >= 11 is 0. The molecular formula is C28H41F. The summed E-state index contributed by atoms with van der Waals surface area (Å²) in [5.41, 5.74) is 4.67. The Bertz CT molecular complexity index is 678. The van der Waals surface area contributed by atoms with Gasteiger partial charge in [-0.2, -0.15) is 0 Å². The van der Waals surface area contributed by atoms with E-state index in [1.165, 1.54) is 62.6 Å². The molecule has 0 bridgehead atoms. The van der Waals surface area contributed by atoms with Gasteiger partial charge in [0.25, 0.3) is 0 Å². The Kier molecular flexibility index (Phi) is 13.0. The van der Waals surface area contributed by atoms with E-state index in [1.54, 1.807) is 29.3 Å². The van der Waals surface area contributed by atoms with Crippen LogP contribution in [-0.4, -0.2) is 0 Å². The maximum Gasteiger partial charge on any atom is 0.123 e. The van der Waals surface area contributed by atoms with Crippen LogP contribution in [0.5, 0.6) is 0 Å². The van der Waals surface area contributed by atoms with Crippen LogP contribution in [0.15, 0.2) is 60.7 Å². The predicted molar refractivity (Wildman–Crippen MR) is 128 cm³/mol. The summed E-state index contributed by atoms with van der Waals surface area (Å²) in [4.78, 5) is 0. The number of halogens is 1. The zero-order valence-corrected chi connectivity index (χ0v) is 19.3. The molecule has 0 heterocycles. The second-order valence-corrected chi connectivity index (χ2v) is 8.04. The molecule has 0 nitrogen and oxygen atoms in total. The Morgan fingerprint density at radius 1 is 0.966 bits per heavy atom. The molecule has 0 atom stereocenters. The molecule has 0 N–H and O–H groups in total. The van der Waals surface area contributed by atoms with Gasteiger partial charge in [0, 0.05) is 0 Å². The summed E-state index contributed by atoms with van der Waals surface area (Å²) in [6, 6.07) is 17.0. The van der Waals surface area contributed by atoms with Crippen molar-refractivity contribution in [2.75, 3.05) is 0 Å². The quantitative estimate of drug-likeness (QED) is 0.456. The van der Waals surface area contributed by atoms with Crippen LogP contribution < -0.4 is 0 Å². The second kappa shape index (κ2) is 15.0. The fraction of sp³-hybridized carbons (Fsp3) is 0.500. The van der Waals surface area contributed by atoms with Crippen LogP contribution in [0.25, 0.3) is 5.57 Å². The van der Waals surface area contributed by atoms with E-state index in [-0.39, 0.29) is 5.82 Å². The summed E-state index contributed by atoms with van der Waals surface area (Å²) < 4.78 is 11.9. The topological polar surface area (TPSA) is 0 Å². The van der Waals surface area contributed by atoms with Gasteiger partial charge in [-0.05, 0) is 66.4 Å². The highest BCUT2D eigenvalue weighted by Gasteiger charge is 2.15. The van der Waals surface area contributed by atoms with Gasteiger partial charge in [0.2, 0.25) is 0 Å². The van der Waals surface area contributed by atoms with Crippen LogP contribution in [0, 0.1) is 17.7 Å². The highest BCUT2D eigenvalue weighted by atomic mass is 19.1. The minimum absolute atomic E-state index is 0.178. The number of rotatable bonds is 6. The molecule has 0 unspecified atom stereocenters. The summed E-state index contributed by atoms with van der Waals surface area (Å²) in [7, 11) is 0. The Morgan fingerprint density at radius 3 is 2.07 bits per heavy atom. The van der Waals surface area contributed by atoms with E-state index in [9.17, 15) is 4.39 Å². The average molecular weight is 397 g/mol. The second-order valence-electron chi connectivity index (χ2n) is 8.04. The average Bonchev–Trinajstić information content (AvgIpc) is 3.24. The van der Waals surface area contributed by atoms with Crippen LogP contribution >= 0.6 is 0 Å². The fourth-order valence-electron chi connectivity index (χ4n) is 3.85. The van der Waals surface area contributed by atoms with E-state index in [0.29, 0.717) is 0 Å². The molecule has 2 aromatic rings. The van der Waals surface area contributed by atoms with Crippen molar-refractivity contribution in [3.63, 3.8) is 0 Å². The zero-order valence-electron chi connectivity index (χ0n) is 19.3.